The molecule has 5 nitrogen and oxygen atoms in total. The zero-order valence-electron chi connectivity index (χ0n) is 9.61. The minimum atomic E-state index is -0.542. The number of hydrogen-bond acceptors (Lipinski definition) is 3. The Hall–Kier alpha value is -1.36. The smallest absolute Gasteiger partial charge is 0.243 e. The van der Waals surface area contributed by atoms with E-state index in [1.807, 2.05) is 20.8 Å². The number of nitrogens with zero attached hydrogens (tertiary/aromatic N) is 2. The maximum atomic E-state index is 11.7. The third-order valence-corrected chi connectivity index (χ3v) is 2.18. The maximum absolute atomic E-state index is 11.7. The number of anilines is 1. The fourth-order valence-electron chi connectivity index (χ4n) is 1.08. The van der Waals surface area contributed by atoms with Gasteiger partial charge in [0.05, 0.1) is 6.04 Å². The molecule has 0 bridgehead atoms. The Morgan fingerprint density at radius 3 is 2.60 bits per heavy atom. The number of carbonyl (C=O) groups is 1. The van der Waals surface area contributed by atoms with Gasteiger partial charge in [-0.05, 0) is 5.41 Å². The molecule has 1 aromatic heterocycles. The zero-order chi connectivity index (χ0) is 11.6. The number of hydrogen-bond donors (Lipinski definition) is 2. The first kappa shape index (κ1) is 11.7. The number of carbonyl (C=O) groups excluding carboxylic acids is 1. The second-order valence-electron chi connectivity index (χ2n) is 4.71. The summed E-state index contributed by atoms with van der Waals surface area (Å²) in [5, 5.41) is 6.72. The molecule has 1 aromatic rings. The van der Waals surface area contributed by atoms with E-state index >= 15 is 0 Å². The molecule has 0 radical (unpaired) electrons. The van der Waals surface area contributed by atoms with Gasteiger partial charge in [0.25, 0.3) is 0 Å². The molecule has 0 aliphatic rings. The van der Waals surface area contributed by atoms with E-state index in [0.29, 0.717) is 5.82 Å². The Labute approximate surface area is 89.6 Å². The zero-order valence-corrected chi connectivity index (χ0v) is 9.61. The van der Waals surface area contributed by atoms with E-state index in [1.54, 1.807) is 24.0 Å². The highest BCUT2D eigenvalue weighted by molar-refractivity contribution is 5.94. The molecule has 0 aliphatic heterocycles. The lowest BCUT2D eigenvalue weighted by Gasteiger charge is -2.25. The fourth-order valence-corrected chi connectivity index (χ4v) is 1.08. The van der Waals surface area contributed by atoms with Crippen LogP contribution in [0.4, 0.5) is 5.82 Å². The standard InChI is InChI=1S/C10H18N4O/c1-10(2,3)8(11)9(15)12-7-5-6-14(4)13-7/h5-6,8H,11H2,1-4H3,(H,12,13,15)/t8-/m1/s1. The first-order valence-electron chi connectivity index (χ1n) is 4.87. The van der Waals surface area contributed by atoms with Crippen molar-refractivity contribution in [1.29, 1.82) is 0 Å². The summed E-state index contributed by atoms with van der Waals surface area (Å²) in [6, 6.07) is 1.19. The largest absolute Gasteiger partial charge is 0.319 e. The van der Waals surface area contributed by atoms with E-state index in [0.717, 1.165) is 0 Å². The maximum Gasteiger partial charge on any atom is 0.243 e. The van der Waals surface area contributed by atoms with Crippen molar-refractivity contribution < 1.29 is 4.79 Å². The lowest BCUT2D eigenvalue weighted by molar-refractivity contribution is -0.119. The SMILES string of the molecule is Cn1ccc(NC(=O)[C@@H](N)C(C)(C)C)n1. The van der Waals surface area contributed by atoms with Crippen molar-refractivity contribution >= 4 is 11.7 Å². The number of aromatic nitrogens is 2. The summed E-state index contributed by atoms with van der Waals surface area (Å²) in [7, 11) is 1.79. The summed E-state index contributed by atoms with van der Waals surface area (Å²) in [5.74, 6) is 0.323. The molecule has 1 rings (SSSR count). The summed E-state index contributed by atoms with van der Waals surface area (Å²) in [4.78, 5) is 11.7. The minimum absolute atomic E-state index is 0.207. The van der Waals surface area contributed by atoms with Crippen molar-refractivity contribution in [2.24, 2.45) is 18.2 Å². The van der Waals surface area contributed by atoms with E-state index in [1.165, 1.54) is 0 Å². The lowest BCUT2D eigenvalue weighted by atomic mass is 9.87. The molecule has 0 spiro atoms. The number of amides is 1. The average molecular weight is 210 g/mol. The summed E-state index contributed by atoms with van der Waals surface area (Å²) in [6.07, 6.45) is 1.76. The van der Waals surface area contributed by atoms with Crippen molar-refractivity contribution in [3.63, 3.8) is 0 Å². The van der Waals surface area contributed by atoms with Crippen LogP contribution < -0.4 is 11.1 Å². The summed E-state index contributed by atoms with van der Waals surface area (Å²) in [6.45, 7) is 5.78. The molecule has 0 aliphatic carbocycles. The summed E-state index contributed by atoms with van der Waals surface area (Å²) in [5.41, 5.74) is 5.55. The van der Waals surface area contributed by atoms with Gasteiger partial charge in [-0.15, -0.1) is 0 Å². The molecule has 84 valence electrons. The summed E-state index contributed by atoms with van der Waals surface area (Å²) >= 11 is 0. The lowest BCUT2D eigenvalue weighted by Crippen LogP contribution is -2.45. The number of aryl methyl sites for hydroxylation is 1. The molecule has 0 aromatic carbocycles. The van der Waals surface area contributed by atoms with Crippen molar-refractivity contribution in [2.45, 2.75) is 26.8 Å². The molecule has 1 amide bonds. The predicted octanol–water partition coefficient (Wildman–Crippen LogP) is 0.732. The first-order valence-corrected chi connectivity index (χ1v) is 4.87. The van der Waals surface area contributed by atoms with Gasteiger partial charge in [0.1, 0.15) is 0 Å². The van der Waals surface area contributed by atoms with Gasteiger partial charge in [0.15, 0.2) is 5.82 Å². The average Bonchev–Trinajstić information content (AvgIpc) is 2.48. The fraction of sp³-hybridized carbons (Fsp3) is 0.600. The van der Waals surface area contributed by atoms with E-state index in [9.17, 15) is 4.79 Å². The molecular formula is C10H18N4O. The molecular weight excluding hydrogens is 192 g/mol. The van der Waals surface area contributed by atoms with Crippen LogP contribution in [-0.2, 0) is 11.8 Å². The van der Waals surface area contributed by atoms with Crippen LogP contribution in [0.25, 0.3) is 0 Å². The normalized spacial score (nSPS) is 13.7. The van der Waals surface area contributed by atoms with Crippen LogP contribution in [0.2, 0.25) is 0 Å². The van der Waals surface area contributed by atoms with Crippen molar-refractivity contribution in [3.05, 3.63) is 12.3 Å². The molecule has 15 heavy (non-hydrogen) atoms. The highest BCUT2D eigenvalue weighted by Gasteiger charge is 2.27. The quantitative estimate of drug-likeness (QED) is 0.756. The Morgan fingerprint density at radius 2 is 2.20 bits per heavy atom. The Morgan fingerprint density at radius 1 is 1.60 bits per heavy atom. The van der Waals surface area contributed by atoms with Gasteiger partial charge in [-0.3, -0.25) is 9.48 Å². The monoisotopic (exact) mass is 210 g/mol. The van der Waals surface area contributed by atoms with Gasteiger partial charge in [0, 0.05) is 19.3 Å². The molecule has 5 heteroatoms. The van der Waals surface area contributed by atoms with Crippen LogP contribution in [-0.4, -0.2) is 21.7 Å². The van der Waals surface area contributed by atoms with Crippen LogP contribution in [0, 0.1) is 5.41 Å². The molecule has 1 atom stereocenters. The highest BCUT2D eigenvalue weighted by atomic mass is 16.2. The molecule has 0 fully saturated rings. The number of nitrogens with two attached hydrogens (primary N) is 1. The number of nitrogens with one attached hydrogen (secondary N) is 1. The van der Waals surface area contributed by atoms with Crippen molar-refractivity contribution in [1.82, 2.24) is 9.78 Å². The molecule has 0 saturated heterocycles. The second-order valence-corrected chi connectivity index (χ2v) is 4.71. The van der Waals surface area contributed by atoms with Gasteiger partial charge in [0.2, 0.25) is 5.91 Å². The third kappa shape index (κ3) is 3.06. The molecule has 3 N–H and O–H groups in total. The Balaban J connectivity index is 2.64. The predicted molar refractivity (Wildman–Crippen MR) is 59.3 cm³/mol. The minimum Gasteiger partial charge on any atom is -0.319 e. The molecule has 1 heterocycles. The van der Waals surface area contributed by atoms with Gasteiger partial charge in [-0.1, -0.05) is 20.8 Å². The topological polar surface area (TPSA) is 72.9 Å². The van der Waals surface area contributed by atoms with Gasteiger partial charge in [-0.2, -0.15) is 5.10 Å². The van der Waals surface area contributed by atoms with Crippen LogP contribution in [0.5, 0.6) is 0 Å². The molecule has 0 unspecified atom stereocenters. The van der Waals surface area contributed by atoms with E-state index in [2.05, 4.69) is 10.4 Å². The van der Waals surface area contributed by atoms with Crippen LogP contribution in [0.1, 0.15) is 20.8 Å². The molecule has 0 saturated carbocycles. The van der Waals surface area contributed by atoms with Crippen LogP contribution >= 0.6 is 0 Å². The van der Waals surface area contributed by atoms with E-state index < -0.39 is 6.04 Å². The van der Waals surface area contributed by atoms with Crippen LogP contribution in [0.15, 0.2) is 12.3 Å². The highest BCUT2D eigenvalue weighted by Crippen LogP contribution is 2.18. The first-order chi connectivity index (χ1) is 6.80. The number of rotatable bonds is 2. The Bertz CT molecular complexity index is 351. The van der Waals surface area contributed by atoms with E-state index in [4.69, 9.17) is 5.73 Å². The van der Waals surface area contributed by atoms with Gasteiger partial charge < -0.3 is 11.1 Å². The van der Waals surface area contributed by atoms with Gasteiger partial charge >= 0.3 is 0 Å². The van der Waals surface area contributed by atoms with Crippen LogP contribution in [0.3, 0.4) is 0 Å². The van der Waals surface area contributed by atoms with Crippen molar-refractivity contribution in [2.75, 3.05) is 5.32 Å². The Kier molecular flexibility index (Phi) is 3.14. The summed E-state index contributed by atoms with van der Waals surface area (Å²) < 4.78 is 1.62. The second kappa shape index (κ2) is 4.02. The van der Waals surface area contributed by atoms with Crippen molar-refractivity contribution in [3.8, 4) is 0 Å². The van der Waals surface area contributed by atoms with Gasteiger partial charge in [-0.25, -0.2) is 0 Å². The third-order valence-electron chi connectivity index (χ3n) is 2.18. The van der Waals surface area contributed by atoms with E-state index in [-0.39, 0.29) is 11.3 Å².